The molecule has 0 aliphatic carbocycles. The van der Waals surface area contributed by atoms with Crippen LogP contribution in [-0.4, -0.2) is 29.9 Å². The third kappa shape index (κ3) is 3.37. The number of benzene rings is 2. The Kier molecular flexibility index (Phi) is 4.74. The van der Waals surface area contributed by atoms with Crippen LogP contribution in [0.5, 0.6) is 11.5 Å². The summed E-state index contributed by atoms with van der Waals surface area (Å²) in [5.74, 6) is 1.34. The van der Waals surface area contributed by atoms with Crippen LogP contribution in [0.15, 0.2) is 46.3 Å². The predicted molar refractivity (Wildman–Crippen MR) is 104 cm³/mol. The number of thiazole rings is 1. The highest BCUT2D eigenvalue weighted by molar-refractivity contribution is 7.98. The second-order valence-electron chi connectivity index (χ2n) is 5.94. The van der Waals surface area contributed by atoms with Crippen LogP contribution < -0.4 is 14.3 Å². The van der Waals surface area contributed by atoms with Crippen LogP contribution in [0.25, 0.3) is 10.2 Å². The maximum absolute atomic E-state index is 12.4. The molecule has 5 nitrogen and oxygen atoms in total. The zero-order valence-corrected chi connectivity index (χ0v) is 16.2. The van der Waals surface area contributed by atoms with Gasteiger partial charge in [0.1, 0.15) is 13.2 Å². The van der Waals surface area contributed by atoms with Gasteiger partial charge in [-0.1, -0.05) is 23.5 Å². The van der Waals surface area contributed by atoms with Crippen molar-refractivity contribution in [1.29, 1.82) is 0 Å². The van der Waals surface area contributed by atoms with Gasteiger partial charge in [0.15, 0.2) is 16.3 Å². The van der Waals surface area contributed by atoms with Gasteiger partial charge in [-0.05, 0) is 24.0 Å². The van der Waals surface area contributed by atoms with E-state index in [1.54, 1.807) is 11.8 Å². The van der Waals surface area contributed by atoms with Gasteiger partial charge in [0.25, 0.3) is 5.91 Å². The lowest BCUT2D eigenvalue weighted by Crippen LogP contribution is -2.16. The quantitative estimate of drug-likeness (QED) is 0.648. The van der Waals surface area contributed by atoms with Crippen molar-refractivity contribution in [1.82, 2.24) is 4.57 Å². The zero-order chi connectivity index (χ0) is 18.1. The molecule has 3 aromatic rings. The molecule has 1 aromatic heterocycles. The lowest BCUT2D eigenvalue weighted by Gasteiger charge is -2.18. The molecule has 1 aliphatic heterocycles. The number of amides is 1. The number of ether oxygens (including phenoxy) is 2. The SMILES string of the molecule is CSc1ccc(CC(=O)N=c2sc3cc4c(cc3n2C)OCCO4)cc1. The normalized spacial score (nSPS) is 14.0. The van der Waals surface area contributed by atoms with Gasteiger partial charge in [-0.15, -0.1) is 11.8 Å². The molecule has 1 aliphatic rings. The largest absolute Gasteiger partial charge is 0.486 e. The first-order valence-corrected chi connectivity index (χ1v) is 10.3. The molecular weight excluding hydrogens is 368 g/mol. The van der Waals surface area contributed by atoms with Crippen molar-refractivity contribution >= 4 is 39.2 Å². The molecule has 1 amide bonds. The van der Waals surface area contributed by atoms with E-state index in [9.17, 15) is 4.79 Å². The molecule has 0 N–H and O–H groups in total. The highest BCUT2D eigenvalue weighted by Crippen LogP contribution is 2.35. The van der Waals surface area contributed by atoms with Gasteiger partial charge in [-0.2, -0.15) is 4.99 Å². The van der Waals surface area contributed by atoms with Crippen LogP contribution >= 0.6 is 23.1 Å². The Bertz CT molecular complexity index is 1040. The predicted octanol–water partition coefficient (Wildman–Crippen LogP) is 3.40. The molecule has 2 aromatic carbocycles. The second-order valence-corrected chi connectivity index (χ2v) is 7.83. The summed E-state index contributed by atoms with van der Waals surface area (Å²) in [5, 5.41) is 0. The second kappa shape index (κ2) is 7.17. The minimum Gasteiger partial charge on any atom is -0.486 e. The summed E-state index contributed by atoms with van der Waals surface area (Å²) in [6.07, 6.45) is 2.33. The number of aryl methyl sites for hydroxylation is 1. The molecule has 0 unspecified atom stereocenters. The van der Waals surface area contributed by atoms with Crippen molar-refractivity contribution in [2.45, 2.75) is 11.3 Å². The molecule has 0 bridgehead atoms. The fraction of sp³-hybridized carbons (Fsp3) is 0.263. The van der Waals surface area contributed by atoms with Crippen molar-refractivity contribution in [2.24, 2.45) is 12.0 Å². The fourth-order valence-electron chi connectivity index (χ4n) is 2.84. The van der Waals surface area contributed by atoms with Crippen LogP contribution in [0, 0.1) is 0 Å². The summed E-state index contributed by atoms with van der Waals surface area (Å²) < 4.78 is 14.2. The van der Waals surface area contributed by atoms with E-state index in [1.165, 1.54) is 16.2 Å². The Morgan fingerprint density at radius 2 is 1.88 bits per heavy atom. The Balaban J connectivity index is 1.64. The Labute approximate surface area is 159 Å². The molecule has 0 spiro atoms. The average Bonchev–Trinajstić information content (AvgIpc) is 2.95. The molecule has 0 saturated carbocycles. The van der Waals surface area contributed by atoms with Crippen LogP contribution in [0.4, 0.5) is 0 Å². The third-order valence-electron chi connectivity index (χ3n) is 4.21. The Morgan fingerprint density at radius 3 is 2.58 bits per heavy atom. The summed E-state index contributed by atoms with van der Waals surface area (Å²) in [6, 6.07) is 11.9. The number of carbonyl (C=O) groups excluding carboxylic acids is 1. The first-order chi connectivity index (χ1) is 12.6. The van der Waals surface area contributed by atoms with E-state index >= 15 is 0 Å². The monoisotopic (exact) mass is 386 g/mol. The zero-order valence-electron chi connectivity index (χ0n) is 14.5. The van der Waals surface area contributed by atoms with E-state index in [2.05, 4.69) is 4.99 Å². The number of hydrogen-bond acceptors (Lipinski definition) is 5. The van der Waals surface area contributed by atoms with E-state index in [0.29, 0.717) is 24.4 Å². The van der Waals surface area contributed by atoms with Crippen molar-refractivity contribution in [3.8, 4) is 11.5 Å². The Hall–Kier alpha value is -2.25. The van der Waals surface area contributed by atoms with Crippen LogP contribution in [-0.2, 0) is 18.3 Å². The fourth-order valence-corrected chi connectivity index (χ4v) is 4.29. The van der Waals surface area contributed by atoms with Crippen LogP contribution in [0.3, 0.4) is 0 Å². The Morgan fingerprint density at radius 1 is 1.19 bits per heavy atom. The maximum atomic E-state index is 12.4. The first kappa shape index (κ1) is 17.2. The lowest BCUT2D eigenvalue weighted by molar-refractivity contribution is -0.117. The smallest absolute Gasteiger partial charge is 0.252 e. The summed E-state index contributed by atoms with van der Waals surface area (Å²) in [6.45, 7) is 1.11. The molecule has 4 rings (SSSR count). The number of nitrogens with zero attached hydrogens (tertiary/aromatic N) is 2. The molecule has 0 fully saturated rings. The summed E-state index contributed by atoms with van der Waals surface area (Å²) >= 11 is 3.16. The highest BCUT2D eigenvalue weighted by Gasteiger charge is 2.15. The van der Waals surface area contributed by atoms with Gasteiger partial charge in [-0.3, -0.25) is 4.79 Å². The summed E-state index contributed by atoms with van der Waals surface area (Å²) in [7, 11) is 1.91. The van der Waals surface area contributed by atoms with Crippen molar-refractivity contribution < 1.29 is 14.3 Å². The third-order valence-corrected chi connectivity index (χ3v) is 6.05. The van der Waals surface area contributed by atoms with Crippen molar-refractivity contribution in [2.75, 3.05) is 19.5 Å². The first-order valence-electron chi connectivity index (χ1n) is 8.24. The van der Waals surface area contributed by atoms with E-state index in [1.807, 2.05) is 54.3 Å². The summed E-state index contributed by atoms with van der Waals surface area (Å²) in [4.78, 5) is 18.6. The number of thioether (sulfide) groups is 1. The number of carbonyl (C=O) groups is 1. The topological polar surface area (TPSA) is 52.8 Å². The van der Waals surface area contributed by atoms with Crippen LogP contribution in [0.1, 0.15) is 5.56 Å². The molecule has 2 heterocycles. The maximum Gasteiger partial charge on any atom is 0.252 e. The molecule has 26 heavy (non-hydrogen) atoms. The van der Waals surface area contributed by atoms with E-state index in [-0.39, 0.29) is 5.91 Å². The molecule has 134 valence electrons. The van der Waals surface area contributed by atoms with Gasteiger partial charge in [0.05, 0.1) is 16.6 Å². The van der Waals surface area contributed by atoms with Crippen molar-refractivity contribution in [3.63, 3.8) is 0 Å². The van der Waals surface area contributed by atoms with Gasteiger partial charge in [0.2, 0.25) is 0 Å². The van der Waals surface area contributed by atoms with E-state index in [0.717, 1.165) is 27.3 Å². The average molecular weight is 386 g/mol. The number of fused-ring (bicyclic) bond motifs is 2. The highest BCUT2D eigenvalue weighted by atomic mass is 32.2. The van der Waals surface area contributed by atoms with Gasteiger partial charge in [0, 0.05) is 24.1 Å². The number of aromatic nitrogens is 1. The van der Waals surface area contributed by atoms with E-state index < -0.39 is 0 Å². The van der Waals surface area contributed by atoms with E-state index in [4.69, 9.17) is 9.47 Å². The number of rotatable bonds is 3. The minimum absolute atomic E-state index is 0.152. The van der Waals surface area contributed by atoms with Gasteiger partial charge >= 0.3 is 0 Å². The molecular formula is C19H18N2O3S2. The van der Waals surface area contributed by atoms with Gasteiger partial charge < -0.3 is 14.0 Å². The molecule has 0 atom stereocenters. The molecule has 0 saturated heterocycles. The van der Waals surface area contributed by atoms with Crippen molar-refractivity contribution in [3.05, 3.63) is 46.8 Å². The van der Waals surface area contributed by atoms with Gasteiger partial charge in [-0.25, -0.2) is 0 Å². The standard InChI is InChI=1S/C19H18N2O3S2/c1-21-14-10-15-16(24-8-7-23-15)11-17(14)26-19(21)20-18(22)9-12-3-5-13(25-2)6-4-12/h3-6,10-11H,7-9H2,1-2H3. The molecule has 7 heteroatoms. The number of hydrogen-bond donors (Lipinski definition) is 0. The van der Waals surface area contributed by atoms with Crippen LogP contribution in [0.2, 0.25) is 0 Å². The molecule has 0 radical (unpaired) electrons. The lowest BCUT2D eigenvalue weighted by atomic mass is 10.1. The summed E-state index contributed by atoms with van der Waals surface area (Å²) in [5.41, 5.74) is 1.95. The minimum atomic E-state index is -0.152.